The Kier molecular flexibility index (Phi) is 2.63. The zero-order valence-corrected chi connectivity index (χ0v) is 10.00. The maximum atomic E-state index is 11.8. The Bertz CT molecular complexity index is 689. The minimum absolute atomic E-state index is 0.258. The molecule has 2 heterocycles. The van der Waals surface area contributed by atoms with E-state index < -0.39 is 6.04 Å². The molecule has 1 unspecified atom stereocenters. The van der Waals surface area contributed by atoms with Gasteiger partial charge in [0, 0.05) is 23.6 Å². The highest BCUT2D eigenvalue weighted by Gasteiger charge is 2.28. The second kappa shape index (κ2) is 4.31. The van der Waals surface area contributed by atoms with Crippen molar-refractivity contribution in [3.8, 4) is 0 Å². The Hall–Kier alpha value is -2.50. The van der Waals surface area contributed by atoms with Gasteiger partial charge in [0.1, 0.15) is 11.6 Å². The molecule has 6 heteroatoms. The Labute approximate surface area is 108 Å². The SMILES string of the molecule is O=Cc1cccc2cn(C3CCC(=O)NC3=O)nc12. The summed E-state index contributed by atoms with van der Waals surface area (Å²) in [5, 5.41) is 7.39. The number of hydrogen-bond acceptors (Lipinski definition) is 4. The molecule has 2 amide bonds. The van der Waals surface area contributed by atoms with Gasteiger partial charge in [-0.3, -0.25) is 24.4 Å². The number of hydrogen-bond donors (Lipinski definition) is 1. The molecule has 0 bridgehead atoms. The fourth-order valence-electron chi connectivity index (χ4n) is 2.28. The first-order valence-electron chi connectivity index (χ1n) is 5.96. The van der Waals surface area contributed by atoms with Crippen molar-refractivity contribution < 1.29 is 14.4 Å². The van der Waals surface area contributed by atoms with Crippen molar-refractivity contribution in [3.63, 3.8) is 0 Å². The van der Waals surface area contributed by atoms with Crippen LogP contribution in [0.1, 0.15) is 29.2 Å². The van der Waals surface area contributed by atoms with Crippen LogP contribution in [-0.4, -0.2) is 27.9 Å². The predicted octanol–water partition coefficient (Wildman–Crippen LogP) is 0.826. The average Bonchev–Trinajstić information content (AvgIpc) is 2.81. The number of imide groups is 1. The third kappa shape index (κ3) is 1.91. The topological polar surface area (TPSA) is 81.1 Å². The number of rotatable bonds is 2. The third-order valence-electron chi connectivity index (χ3n) is 3.24. The van der Waals surface area contributed by atoms with Gasteiger partial charge in [-0.15, -0.1) is 0 Å². The van der Waals surface area contributed by atoms with Gasteiger partial charge in [0.05, 0.1) is 0 Å². The van der Waals surface area contributed by atoms with E-state index in [9.17, 15) is 14.4 Å². The van der Waals surface area contributed by atoms with Crippen LogP contribution in [0, 0.1) is 0 Å². The standard InChI is InChI=1S/C13H11N3O3/c17-7-9-3-1-2-8-6-16(15-12(8)9)10-4-5-11(18)14-13(10)19/h1-3,6-7,10H,4-5H2,(H,14,18,19). The molecular weight excluding hydrogens is 246 g/mol. The summed E-state index contributed by atoms with van der Waals surface area (Å²) in [6, 6.07) is 4.78. The van der Waals surface area contributed by atoms with Gasteiger partial charge in [-0.2, -0.15) is 5.10 Å². The first-order valence-corrected chi connectivity index (χ1v) is 5.96. The van der Waals surface area contributed by atoms with Crippen LogP contribution in [0.3, 0.4) is 0 Å². The van der Waals surface area contributed by atoms with Crippen molar-refractivity contribution in [1.29, 1.82) is 0 Å². The monoisotopic (exact) mass is 257 g/mol. The number of carbonyl (C=O) groups is 3. The number of amides is 2. The van der Waals surface area contributed by atoms with Crippen LogP contribution < -0.4 is 5.32 Å². The van der Waals surface area contributed by atoms with E-state index in [4.69, 9.17) is 0 Å². The summed E-state index contributed by atoms with van der Waals surface area (Å²) in [5.74, 6) is -0.608. The summed E-state index contributed by atoms with van der Waals surface area (Å²) in [4.78, 5) is 33.8. The van der Waals surface area contributed by atoms with Gasteiger partial charge in [-0.05, 0) is 12.5 Å². The highest BCUT2D eigenvalue weighted by molar-refractivity contribution is 6.00. The molecule has 0 radical (unpaired) electrons. The number of nitrogens with one attached hydrogen (secondary N) is 1. The number of carbonyl (C=O) groups excluding carboxylic acids is 3. The number of benzene rings is 1. The molecule has 1 aromatic heterocycles. The van der Waals surface area contributed by atoms with E-state index in [0.717, 1.165) is 11.7 Å². The van der Waals surface area contributed by atoms with E-state index in [1.165, 1.54) is 4.68 Å². The van der Waals surface area contributed by atoms with Gasteiger partial charge in [0.25, 0.3) is 5.91 Å². The third-order valence-corrected chi connectivity index (χ3v) is 3.24. The fraction of sp³-hybridized carbons (Fsp3) is 0.231. The van der Waals surface area contributed by atoms with Gasteiger partial charge in [-0.1, -0.05) is 12.1 Å². The summed E-state index contributed by atoms with van der Waals surface area (Å²) >= 11 is 0. The van der Waals surface area contributed by atoms with E-state index in [0.29, 0.717) is 23.9 Å². The normalized spacial score (nSPS) is 19.5. The molecule has 1 aromatic carbocycles. The van der Waals surface area contributed by atoms with E-state index >= 15 is 0 Å². The van der Waals surface area contributed by atoms with Gasteiger partial charge in [0.15, 0.2) is 6.29 Å². The van der Waals surface area contributed by atoms with Crippen LogP contribution in [0.2, 0.25) is 0 Å². The molecule has 0 saturated carbocycles. The molecular formula is C13H11N3O3. The number of piperidine rings is 1. The summed E-state index contributed by atoms with van der Waals surface area (Å²) in [7, 11) is 0. The quantitative estimate of drug-likeness (QED) is 0.638. The van der Waals surface area contributed by atoms with E-state index in [-0.39, 0.29) is 11.8 Å². The minimum Gasteiger partial charge on any atom is -0.298 e. The lowest BCUT2D eigenvalue weighted by atomic mass is 10.1. The number of fused-ring (bicyclic) bond motifs is 1. The number of nitrogens with zero attached hydrogens (tertiary/aromatic N) is 2. The van der Waals surface area contributed by atoms with Crippen LogP contribution >= 0.6 is 0 Å². The number of aromatic nitrogens is 2. The van der Waals surface area contributed by atoms with Crippen molar-refractivity contribution in [3.05, 3.63) is 30.0 Å². The molecule has 1 aliphatic rings. The second-order valence-electron chi connectivity index (χ2n) is 4.48. The maximum absolute atomic E-state index is 11.8. The number of aldehydes is 1. The molecule has 0 aliphatic carbocycles. The van der Waals surface area contributed by atoms with E-state index in [1.54, 1.807) is 18.3 Å². The van der Waals surface area contributed by atoms with E-state index in [2.05, 4.69) is 10.4 Å². The zero-order chi connectivity index (χ0) is 13.4. The smallest absolute Gasteiger partial charge is 0.251 e. The fourth-order valence-corrected chi connectivity index (χ4v) is 2.28. The molecule has 2 aromatic rings. The summed E-state index contributed by atoms with van der Waals surface area (Å²) in [6.07, 6.45) is 3.19. The molecule has 19 heavy (non-hydrogen) atoms. The van der Waals surface area contributed by atoms with Crippen molar-refractivity contribution in [1.82, 2.24) is 15.1 Å². The van der Waals surface area contributed by atoms with Gasteiger partial charge in [0.2, 0.25) is 5.91 Å². The molecule has 1 saturated heterocycles. The molecule has 1 aliphatic heterocycles. The molecule has 0 spiro atoms. The lowest BCUT2D eigenvalue weighted by Gasteiger charge is -2.20. The molecule has 6 nitrogen and oxygen atoms in total. The van der Waals surface area contributed by atoms with Crippen molar-refractivity contribution in [2.24, 2.45) is 0 Å². The Morgan fingerprint density at radius 2 is 2.21 bits per heavy atom. The molecule has 3 rings (SSSR count). The van der Waals surface area contributed by atoms with Crippen LogP contribution in [-0.2, 0) is 9.59 Å². The van der Waals surface area contributed by atoms with Gasteiger partial charge < -0.3 is 0 Å². The van der Waals surface area contributed by atoms with Crippen LogP contribution in [0.5, 0.6) is 0 Å². The maximum Gasteiger partial charge on any atom is 0.251 e. The zero-order valence-electron chi connectivity index (χ0n) is 10.00. The van der Waals surface area contributed by atoms with Gasteiger partial charge in [-0.25, -0.2) is 0 Å². The molecule has 96 valence electrons. The van der Waals surface area contributed by atoms with Crippen LogP contribution in [0.4, 0.5) is 0 Å². The first-order chi connectivity index (χ1) is 9.19. The first kappa shape index (κ1) is 11.6. The summed E-state index contributed by atoms with van der Waals surface area (Å²) < 4.78 is 1.53. The second-order valence-corrected chi connectivity index (χ2v) is 4.48. The van der Waals surface area contributed by atoms with Crippen molar-refractivity contribution in [2.45, 2.75) is 18.9 Å². The Morgan fingerprint density at radius 1 is 1.37 bits per heavy atom. The largest absolute Gasteiger partial charge is 0.298 e. The minimum atomic E-state index is -0.496. The van der Waals surface area contributed by atoms with Crippen LogP contribution in [0.15, 0.2) is 24.4 Å². The lowest BCUT2D eigenvalue weighted by Crippen LogP contribution is -2.41. The Morgan fingerprint density at radius 3 is 2.95 bits per heavy atom. The average molecular weight is 257 g/mol. The summed E-state index contributed by atoms with van der Waals surface area (Å²) in [5.41, 5.74) is 1.06. The molecule has 1 atom stereocenters. The highest BCUT2D eigenvalue weighted by atomic mass is 16.2. The lowest BCUT2D eigenvalue weighted by molar-refractivity contribution is -0.135. The van der Waals surface area contributed by atoms with Crippen molar-refractivity contribution >= 4 is 29.0 Å². The highest BCUT2D eigenvalue weighted by Crippen LogP contribution is 2.22. The molecule has 1 N–H and O–H groups in total. The predicted molar refractivity (Wildman–Crippen MR) is 66.5 cm³/mol. The Balaban J connectivity index is 2.04. The molecule has 1 fully saturated rings. The van der Waals surface area contributed by atoms with E-state index in [1.807, 2.05) is 6.07 Å². The summed E-state index contributed by atoms with van der Waals surface area (Å²) in [6.45, 7) is 0. The van der Waals surface area contributed by atoms with Crippen LogP contribution in [0.25, 0.3) is 10.9 Å². The van der Waals surface area contributed by atoms with Crippen molar-refractivity contribution in [2.75, 3.05) is 0 Å². The van der Waals surface area contributed by atoms with Gasteiger partial charge >= 0.3 is 0 Å².